The van der Waals surface area contributed by atoms with E-state index in [1.165, 1.54) is 6.20 Å². The van der Waals surface area contributed by atoms with Crippen molar-refractivity contribution >= 4 is 5.82 Å². The lowest BCUT2D eigenvalue weighted by Gasteiger charge is -2.08. The van der Waals surface area contributed by atoms with Crippen LogP contribution in [0.2, 0.25) is 0 Å². The summed E-state index contributed by atoms with van der Waals surface area (Å²) in [6.45, 7) is 2.89. The Kier molecular flexibility index (Phi) is 4.48. The maximum absolute atomic E-state index is 11.3. The number of nitrogens with zero attached hydrogens (tertiary/aromatic N) is 3. The maximum atomic E-state index is 11.3. The van der Waals surface area contributed by atoms with Crippen LogP contribution in [-0.4, -0.2) is 11.6 Å². The first-order valence-corrected chi connectivity index (χ1v) is 5.05. The van der Waals surface area contributed by atoms with Gasteiger partial charge in [-0.05, 0) is 6.42 Å². The fourth-order valence-corrected chi connectivity index (χ4v) is 1.11. The second-order valence-corrected chi connectivity index (χ2v) is 3.31. The first-order valence-electron chi connectivity index (χ1n) is 5.05. The summed E-state index contributed by atoms with van der Waals surface area (Å²) in [5.41, 5.74) is 5.71. The second-order valence-electron chi connectivity index (χ2n) is 3.31. The minimum absolute atomic E-state index is 0.0633. The lowest BCUT2D eigenvalue weighted by Crippen LogP contribution is -2.33. The molecule has 0 unspecified atom stereocenters. The van der Waals surface area contributed by atoms with Gasteiger partial charge < -0.3 is 9.94 Å². The quantitative estimate of drug-likeness (QED) is 0.444. The molecule has 0 spiro atoms. The Bertz CT molecular complexity index is 401. The highest BCUT2D eigenvalue weighted by Crippen LogP contribution is 2.03. The van der Waals surface area contributed by atoms with Crippen LogP contribution in [0, 0.1) is 16.5 Å². The molecule has 0 saturated carbocycles. The van der Waals surface area contributed by atoms with E-state index in [0.29, 0.717) is 17.0 Å². The summed E-state index contributed by atoms with van der Waals surface area (Å²) in [7, 11) is 0. The molecular formula is C10H14N4O2. The van der Waals surface area contributed by atoms with E-state index < -0.39 is 0 Å². The van der Waals surface area contributed by atoms with Crippen LogP contribution in [0.3, 0.4) is 0 Å². The zero-order valence-electron chi connectivity index (χ0n) is 9.14. The van der Waals surface area contributed by atoms with E-state index in [-0.39, 0.29) is 18.1 Å². The van der Waals surface area contributed by atoms with Gasteiger partial charge in [-0.15, -0.1) is 0 Å². The summed E-state index contributed by atoms with van der Waals surface area (Å²) in [6.07, 6.45) is 3.22. The molecule has 6 nitrogen and oxygen atoms in total. The van der Waals surface area contributed by atoms with Crippen molar-refractivity contribution in [3.05, 3.63) is 22.8 Å². The standard InChI is InChI=1S/C10H14N4O2/c1-2-3-4-16-7-8-6-14(15)10(12)9(5-11)13-8/h6H,2-4,7,12H2,1H3. The van der Waals surface area contributed by atoms with Gasteiger partial charge in [0.2, 0.25) is 5.69 Å². The SMILES string of the molecule is CCCCOCc1c[n+]([O-])c(N)c(C#N)n1. The van der Waals surface area contributed by atoms with E-state index in [0.717, 1.165) is 12.8 Å². The van der Waals surface area contributed by atoms with Gasteiger partial charge in [-0.3, -0.25) is 5.73 Å². The Morgan fingerprint density at radius 3 is 3.06 bits per heavy atom. The fourth-order valence-electron chi connectivity index (χ4n) is 1.11. The lowest BCUT2D eigenvalue weighted by atomic mass is 10.3. The van der Waals surface area contributed by atoms with Crippen LogP contribution < -0.4 is 10.5 Å². The largest absolute Gasteiger partial charge is 0.710 e. The second kappa shape index (κ2) is 5.88. The highest BCUT2D eigenvalue weighted by Gasteiger charge is 2.10. The minimum atomic E-state index is -0.181. The number of nitriles is 1. The molecule has 0 radical (unpaired) electrons. The van der Waals surface area contributed by atoms with Gasteiger partial charge in [-0.25, -0.2) is 9.71 Å². The van der Waals surface area contributed by atoms with E-state index in [2.05, 4.69) is 11.9 Å². The van der Waals surface area contributed by atoms with Crippen LogP contribution >= 0.6 is 0 Å². The molecule has 1 heterocycles. The van der Waals surface area contributed by atoms with Crippen LogP contribution in [0.5, 0.6) is 0 Å². The molecule has 0 saturated heterocycles. The van der Waals surface area contributed by atoms with Crippen molar-refractivity contribution in [2.75, 3.05) is 12.3 Å². The van der Waals surface area contributed by atoms with Gasteiger partial charge in [0.15, 0.2) is 0 Å². The zero-order valence-corrected chi connectivity index (χ0v) is 9.14. The number of anilines is 1. The van der Waals surface area contributed by atoms with Crippen molar-refractivity contribution in [3.8, 4) is 6.07 Å². The number of hydrogen-bond donors (Lipinski definition) is 1. The predicted octanol–water partition coefficient (Wildman–Crippen LogP) is 0.486. The number of hydrogen-bond acceptors (Lipinski definition) is 5. The van der Waals surface area contributed by atoms with Crippen molar-refractivity contribution in [1.82, 2.24) is 4.98 Å². The molecule has 1 aromatic rings. The summed E-state index contributed by atoms with van der Waals surface area (Å²) in [4.78, 5) is 3.92. The molecule has 2 N–H and O–H groups in total. The number of nitrogens with two attached hydrogens (primary N) is 1. The Morgan fingerprint density at radius 2 is 2.44 bits per heavy atom. The van der Waals surface area contributed by atoms with Crippen LogP contribution in [0.25, 0.3) is 0 Å². The highest BCUT2D eigenvalue weighted by molar-refractivity contribution is 5.38. The first kappa shape index (κ1) is 12.2. The third-order valence-corrected chi connectivity index (χ3v) is 2.00. The molecule has 0 aliphatic rings. The molecule has 0 aliphatic heterocycles. The fraction of sp³-hybridized carbons (Fsp3) is 0.500. The average molecular weight is 222 g/mol. The van der Waals surface area contributed by atoms with Crippen LogP contribution in [-0.2, 0) is 11.3 Å². The van der Waals surface area contributed by atoms with E-state index in [1.807, 2.05) is 0 Å². The van der Waals surface area contributed by atoms with Gasteiger partial charge in [-0.2, -0.15) is 5.26 Å². The lowest BCUT2D eigenvalue weighted by molar-refractivity contribution is -0.591. The van der Waals surface area contributed by atoms with E-state index in [4.69, 9.17) is 15.7 Å². The molecule has 0 fully saturated rings. The van der Waals surface area contributed by atoms with Crippen LogP contribution in [0.15, 0.2) is 6.20 Å². The zero-order chi connectivity index (χ0) is 12.0. The summed E-state index contributed by atoms with van der Waals surface area (Å²) >= 11 is 0. The normalized spacial score (nSPS) is 10.0. The first-order chi connectivity index (χ1) is 7.69. The molecule has 16 heavy (non-hydrogen) atoms. The highest BCUT2D eigenvalue weighted by atomic mass is 16.5. The molecule has 0 aromatic carbocycles. The minimum Gasteiger partial charge on any atom is -0.710 e. The van der Waals surface area contributed by atoms with E-state index in [1.54, 1.807) is 6.07 Å². The summed E-state index contributed by atoms with van der Waals surface area (Å²) in [6, 6.07) is 1.77. The third kappa shape index (κ3) is 3.07. The smallest absolute Gasteiger partial charge is 0.312 e. The molecule has 1 rings (SSSR count). The van der Waals surface area contributed by atoms with Gasteiger partial charge in [0.05, 0.1) is 6.61 Å². The number of nitrogen functional groups attached to an aromatic ring is 1. The predicted molar refractivity (Wildman–Crippen MR) is 56.9 cm³/mol. The number of ether oxygens (including phenoxy) is 1. The molecule has 1 aromatic heterocycles. The van der Waals surface area contributed by atoms with Crippen molar-refractivity contribution in [1.29, 1.82) is 5.26 Å². The van der Waals surface area contributed by atoms with E-state index in [9.17, 15) is 5.21 Å². The Hall–Kier alpha value is -1.87. The molecule has 6 heteroatoms. The molecule has 0 atom stereocenters. The molecule has 0 amide bonds. The summed E-state index contributed by atoms with van der Waals surface area (Å²) in [5.74, 6) is -0.181. The molecule has 86 valence electrons. The van der Waals surface area contributed by atoms with Crippen molar-refractivity contribution in [2.45, 2.75) is 26.4 Å². The van der Waals surface area contributed by atoms with Crippen molar-refractivity contribution < 1.29 is 9.47 Å². The van der Waals surface area contributed by atoms with E-state index >= 15 is 0 Å². The Labute approximate surface area is 93.9 Å². The van der Waals surface area contributed by atoms with Crippen molar-refractivity contribution in [2.24, 2.45) is 0 Å². The Morgan fingerprint density at radius 1 is 1.69 bits per heavy atom. The van der Waals surface area contributed by atoms with Gasteiger partial charge in [-0.1, -0.05) is 13.3 Å². The van der Waals surface area contributed by atoms with Gasteiger partial charge in [0, 0.05) is 6.61 Å². The molecular weight excluding hydrogens is 208 g/mol. The number of unbranched alkanes of at least 4 members (excludes halogenated alkanes) is 1. The summed E-state index contributed by atoms with van der Waals surface area (Å²) in [5, 5.41) is 19.9. The van der Waals surface area contributed by atoms with Crippen molar-refractivity contribution in [3.63, 3.8) is 0 Å². The monoisotopic (exact) mass is 222 g/mol. The van der Waals surface area contributed by atoms with Crippen LogP contribution in [0.1, 0.15) is 31.2 Å². The Balaban J connectivity index is 2.68. The summed E-state index contributed by atoms with van der Waals surface area (Å²) < 4.78 is 5.72. The molecule has 0 bridgehead atoms. The molecule has 0 aliphatic carbocycles. The topological polar surface area (TPSA) is 98.9 Å². The number of rotatable bonds is 5. The third-order valence-electron chi connectivity index (χ3n) is 2.00. The van der Waals surface area contributed by atoms with Gasteiger partial charge >= 0.3 is 5.82 Å². The van der Waals surface area contributed by atoms with Gasteiger partial charge in [0.25, 0.3) is 0 Å². The number of aromatic nitrogens is 2. The average Bonchev–Trinajstić information content (AvgIpc) is 2.29. The van der Waals surface area contributed by atoms with Crippen LogP contribution in [0.4, 0.5) is 5.82 Å². The maximum Gasteiger partial charge on any atom is 0.312 e. The van der Waals surface area contributed by atoms with Gasteiger partial charge in [0.1, 0.15) is 18.0 Å².